The van der Waals surface area contributed by atoms with E-state index >= 15 is 0 Å². The van der Waals surface area contributed by atoms with Gasteiger partial charge in [0.25, 0.3) is 0 Å². The maximum atomic E-state index is 14.0. The number of fused-ring (bicyclic) bond motifs is 6. The van der Waals surface area contributed by atoms with Crippen LogP contribution < -0.4 is 4.90 Å². The van der Waals surface area contributed by atoms with E-state index in [0.717, 1.165) is 47.3 Å². The van der Waals surface area contributed by atoms with Crippen LogP contribution in [0, 0.1) is 5.92 Å². The van der Waals surface area contributed by atoms with E-state index in [0.29, 0.717) is 18.5 Å². The van der Waals surface area contributed by atoms with Gasteiger partial charge in [0, 0.05) is 53.1 Å². The molecule has 2 N–H and O–H groups in total. The fourth-order valence-electron chi connectivity index (χ4n) is 8.35. The number of carbonyl (C=O) groups excluding carboxylic acids is 1. The molecule has 4 aromatic rings. The molecule has 0 spiro atoms. The van der Waals surface area contributed by atoms with E-state index in [4.69, 9.17) is 5.11 Å². The van der Waals surface area contributed by atoms with Gasteiger partial charge in [-0.05, 0) is 56.0 Å². The van der Waals surface area contributed by atoms with Gasteiger partial charge in [-0.3, -0.25) is 9.59 Å². The summed E-state index contributed by atoms with van der Waals surface area (Å²) in [4.78, 5) is 27.5. The third-order valence-corrected chi connectivity index (χ3v) is 11.0. The van der Waals surface area contributed by atoms with Gasteiger partial charge in [0.05, 0.1) is 28.5 Å². The lowest BCUT2D eigenvalue weighted by atomic mass is 9.71. The molecule has 0 bridgehead atoms. The van der Waals surface area contributed by atoms with Crippen molar-refractivity contribution in [3.05, 3.63) is 107 Å². The quantitative estimate of drug-likeness (QED) is 0.109. The van der Waals surface area contributed by atoms with E-state index in [1.807, 2.05) is 18.2 Å². The average Bonchev–Trinajstić information content (AvgIpc) is 3.43. The van der Waals surface area contributed by atoms with Gasteiger partial charge in [-0.25, -0.2) is 0 Å². The number of carboxylic acid groups (broad SMARTS) is 1. The summed E-state index contributed by atoms with van der Waals surface area (Å²) in [5.74, 6) is -1.42. The van der Waals surface area contributed by atoms with E-state index < -0.39 is 23.4 Å². The lowest BCUT2D eigenvalue weighted by Crippen LogP contribution is -2.46. The van der Waals surface area contributed by atoms with Gasteiger partial charge in [-0.1, -0.05) is 86.7 Å². The van der Waals surface area contributed by atoms with Gasteiger partial charge in [0.2, 0.25) is 5.69 Å². The molecule has 7 rings (SSSR count). The molecule has 0 saturated heterocycles. The summed E-state index contributed by atoms with van der Waals surface area (Å²) in [7, 11) is 0. The van der Waals surface area contributed by atoms with Crippen molar-refractivity contribution in [3.8, 4) is 0 Å². The Bertz CT molecular complexity index is 2080. The summed E-state index contributed by atoms with van der Waals surface area (Å²) in [5, 5.41) is 25.5. The molecule has 2 heterocycles. The average molecular weight is 642 g/mol. The molecule has 4 aromatic carbocycles. The first-order valence-corrected chi connectivity index (χ1v) is 17.3. The first-order chi connectivity index (χ1) is 23.0. The molecule has 1 saturated carbocycles. The second-order valence-electron chi connectivity index (χ2n) is 14.6. The number of hydrogen-bond acceptors (Lipinski definition) is 4. The molecular weight excluding hydrogens is 596 g/mol. The van der Waals surface area contributed by atoms with E-state index in [1.54, 1.807) is 0 Å². The number of aliphatic hydroxyl groups is 1. The number of hydrogen-bond donors (Lipinski definition) is 2. The standard InChI is InChI=1S/C42H44N2O4/c1-6-43-34(41(2,3)32-21-19-26-14-9-11-16-28(26)37(32)43)24-30-39(47)31(40(30)48)25-35-42(4,5)33-22-20-27-15-10-12-17-29(27)38(33)44(35)23-13-7-8-18-36(45)46/h9-12,14-17,19-22,24-25,30,39,47H,6-8,13,18,23H2,1-5H3/p+1. The number of likely N-dealkylation sites (N-methyl/N-ethyl adjacent to an activating group) is 1. The number of rotatable bonds is 9. The van der Waals surface area contributed by atoms with Crippen LogP contribution >= 0.6 is 0 Å². The zero-order chi connectivity index (χ0) is 34.0. The van der Waals surface area contributed by atoms with Crippen molar-refractivity contribution in [3.63, 3.8) is 0 Å². The van der Waals surface area contributed by atoms with Crippen molar-refractivity contribution in [2.45, 2.75) is 77.2 Å². The largest absolute Gasteiger partial charge is 0.481 e. The van der Waals surface area contributed by atoms with Crippen molar-refractivity contribution >= 4 is 50.4 Å². The van der Waals surface area contributed by atoms with Gasteiger partial charge in [0.15, 0.2) is 11.5 Å². The Morgan fingerprint density at radius 2 is 1.50 bits per heavy atom. The number of unbranched alkanes of at least 4 members (excludes halogenated alkanes) is 2. The highest BCUT2D eigenvalue weighted by atomic mass is 16.4. The van der Waals surface area contributed by atoms with Crippen molar-refractivity contribution in [1.82, 2.24) is 0 Å². The van der Waals surface area contributed by atoms with Crippen molar-refractivity contribution in [2.24, 2.45) is 5.92 Å². The highest BCUT2D eigenvalue weighted by Gasteiger charge is 2.50. The topological polar surface area (TPSA) is 80.9 Å². The summed E-state index contributed by atoms with van der Waals surface area (Å²) in [6.07, 6.45) is 5.48. The van der Waals surface area contributed by atoms with Crippen LogP contribution in [-0.4, -0.2) is 51.4 Å². The molecule has 2 aliphatic heterocycles. The minimum Gasteiger partial charge on any atom is -0.481 e. The molecule has 3 aliphatic rings. The molecule has 2 unspecified atom stereocenters. The van der Waals surface area contributed by atoms with Gasteiger partial charge in [-0.15, -0.1) is 0 Å². The predicted molar refractivity (Wildman–Crippen MR) is 194 cm³/mol. The number of carboxylic acids is 1. The zero-order valence-electron chi connectivity index (χ0n) is 28.6. The number of Topliss-reactive ketones (excluding diaryl/α,β-unsaturated/α-hetero) is 1. The maximum absolute atomic E-state index is 14.0. The van der Waals surface area contributed by atoms with Gasteiger partial charge < -0.3 is 15.1 Å². The van der Waals surface area contributed by atoms with Gasteiger partial charge in [0.1, 0.15) is 6.54 Å². The number of allylic oxidation sites excluding steroid dienone is 2. The molecule has 48 heavy (non-hydrogen) atoms. The Labute approximate surface area is 282 Å². The third-order valence-electron chi connectivity index (χ3n) is 11.0. The summed E-state index contributed by atoms with van der Waals surface area (Å²) in [6.45, 7) is 12.4. The van der Waals surface area contributed by atoms with E-state index in [1.165, 1.54) is 27.6 Å². The van der Waals surface area contributed by atoms with E-state index in [-0.39, 0.29) is 17.6 Å². The molecule has 6 nitrogen and oxygen atoms in total. The number of carbonyl (C=O) groups is 2. The number of nitrogens with zero attached hydrogens (tertiary/aromatic N) is 2. The van der Waals surface area contributed by atoms with Crippen LogP contribution in [0.15, 0.2) is 96.2 Å². The Balaban J connectivity index is 1.26. The minimum absolute atomic E-state index is 0.0341. The summed E-state index contributed by atoms with van der Waals surface area (Å²) < 4.78 is 2.32. The summed E-state index contributed by atoms with van der Waals surface area (Å²) in [6, 6.07) is 25.5. The highest BCUT2D eigenvalue weighted by molar-refractivity contribution is 6.15. The minimum atomic E-state index is -0.902. The Kier molecular flexibility index (Phi) is 7.91. The fourth-order valence-corrected chi connectivity index (χ4v) is 8.35. The molecule has 1 aliphatic carbocycles. The van der Waals surface area contributed by atoms with Crippen molar-refractivity contribution in [2.75, 3.05) is 18.0 Å². The first kappa shape index (κ1) is 32.0. The highest BCUT2D eigenvalue weighted by Crippen LogP contribution is 2.52. The van der Waals surface area contributed by atoms with Crippen LogP contribution in [-0.2, 0) is 20.4 Å². The molecule has 0 radical (unpaired) electrons. The molecule has 6 heteroatoms. The van der Waals surface area contributed by atoms with Crippen LogP contribution in [0.2, 0.25) is 0 Å². The maximum Gasteiger partial charge on any atom is 0.303 e. The van der Waals surface area contributed by atoms with Gasteiger partial charge in [-0.2, -0.15) is 4.58 Å². The van der Waals surface area contributed by atoms with E-state index in [9.17, 15) is 14.7 Å². The molecule has 2 atom stereocenters. The smallest absolute Gasteiger partial charge is 0.303 e. The van der Waals surface area contributed by atoms with Crippen LogP contribution in [0.3, 0.4) is 0 Å². The number of anilines is 1. The van der Waals surface area contributed by atoms with Crippen LogP contribution in [0.1, 0.15) is 71.4 Å². The van der Waals surface area contributed by atoms with Gasteiger partial charge >= 0.3 is 5.97 Å². The predicted octanol–water partition coefficient (Wildman–Crippen LogP) is 8.20. The first-order valence-electron chi connectivity index (χ1n) is 17.3. The number of ketones is 1. The Morgan fingerprint density at radius 1 is 0.854 bits per heavy atom. The van der Waals surface area contributed by atoms with Crippen molar-refractivity contribution in [1.29, 1.82) is 0 Å². The fraction of sp³-hybridized carbons (Fsp3) is 0.357. The van der Waals surface area contributed by atoms with Crippen LogP contribution in [0.4, 0.5) is 11.4 Å². The van der Waals surface area contributed by atoms with Crippen molar-refractivity contribution < 1.29 is 24.4 Å². The monoisotopic (exact) mass is 641 g/mol. The number of benzene rings is 4. The molecule has 246 valence electrons. The third kappa shape index (κ3) is 4.92. The SMILES string of the molecule is CCN1C(=CC2C(=O)C(=CC3=[N+](CCCCCC(=O)O)c4c(ccc5ccccc45)C3(C)C)C2O)C(C)(C)c2ccc3ccccc3c21. The van der Waals surface area contributed by atoms with Crippen LogP contribution in [0.25, 0.3) is 21.5 Å². The molecule has 0 amide bonds. The second-order valence-corrected chi connectivity index (χ2v) is 14.6. The normalized spacial score (nSPS) is 22.5. The molecule has 0 aromatic heterocycles. The lowest BCUT2D eigenvalue weighted by Gasteiger charge is -2.35. The van der Waals surface area contributed by atoms with E-state index in [2.05, 4.69) is 111 Å². The summed E-state index contributed by atoms with van der Waals surface area (Å²) in [5.41, 5.74) is 6.54. The second kappa shape index (κ2) is 11.9. The lowest BCUT2D eigenvalue weighted by molar-refractivity contribution is -0.436. The Hall–Kier alpha value is -4.55. The van der Waals surface area contributed by atoms with Crippen LogP contribution in [0.5, 0.6) is 0 Å². The molecule has 1 fully saturated rings. The zero-order valence-corrected chi connectivity index (χ0v) is 28.6. The number of aliphatic carboxylic acids is 1. The Morgan fingerprint density at radius 3 is 2.17 bits per heavy atom. The molecular formula is C42H45N2O4+. The number of aliphatic hydroxyl groups excluding tert-OH is 1. The summed E-state index contributed by atoms with van der Waals surface area (Å²) >= 11 is 0.